The van der Waals surface area contributed by atoms with Crippen molar-refractivity contribution in [2.45, 2.75) is 59.0 Å². The monoisotopic (exact) mass is 443 g/mol. The molecule has 0 bridgehead atoms. The summed E-state index contributed by atoms with van der Waals surface area (Å²) in [6.45, 7) is 8.52. The van der Waals surface area contributed by atoms with Crippen LogP contribution < -0.4 is 16.4 Å². The van der Waals surface area contributed by atoms with Crippen LogP contribution in [0.2, 0.25) is 5.02 Å². The highest BCUT2D eigenvalue weighted by Gasteiger charge is 2.35. The van der Waals surface area contributed by atoms with Crippen molar-refractivity contribution < 1.29 is 9.59 Å². The summed E-state index contributed by atoms with van der Waals surface area (Å²) in [5.41, 5.74) is 6.48. The van der Waals surface area contributed by atoms with E-state index in [-0.39, 0.29) is 36.7 Å². The van der Waals surface area contributed by atoms with E-state index in [1.165, 1.54) is 6.42 Å². The zero-order chi connectivity index (χ0) is 20.8. The fourth-order valence-electron chi connectivity index (χ4n) is 4.14. The molecular formula is C22H35Cl2N3O2. The molecule has 4 N–H and O–H groups in total. The lowest BCUT2D eigenvalue weighted by atomic mass is 9.70. The second-order valence-corrected chi connectivity index (χ2v) is 8.96. The van der Waals surface area contributed by atoms with Crippen LogP contribution in [0.25, 0.3) is 0 Å². The summed E-state index contributed by atoms with van der Waals surface area (Å²) in [6, 6.07) is 6.29. The molecule has 5 atom stereocenters. The van der Waals surface area contributed by atoms with Crippen LogP contribution in [0.4, 0.5) is 0 Å². The van der Waals surface area contributed by atoms with Gasteiger partial charge in [-0.25, -0.2) is 0 Å². The third kappa shape index (κ3) is 7.16. The van der Waals surface area contributed by atoms with E-state index >= 15 is 0 Å². The second-order valence-electron chi connectivity index (χ2n) is 8.55. The first-order chi connectivity index (χ1) is 13.2. The van der Waals surface area contributed by atoms with E-state index in [0.717, 1.165) is 18.4 Å². The predicted molar refractivity (Wildman–Crippen MR) is 121 cm³/mol. The number of hydrogen-bond donors (Lipinski definition) is 3. The van der Waals surface area contributed by atoms with Crippen molar-refractivity contribution in [3.8, 4) is 0 Å². The number of carbonyl (C=O) groups is 2. The van der Waals surface area contributed by atoms with Crippen molar-refractivity contribution in [3.05, 3.63) is 34.9 Å². The molecular weight excluding hydrogens is 409 g/mol. The van der Waals surface area contributed by atoms with Crippen LogP contribution in [0.15, 0.2) is 24.3 Å². The summed E-state index contributed by atoms with van der Waals surface area (Å²) >= 11 is 6.33. The van der Waals surface area contributed by atoms with Gasteiger partial charge < -0.3 is 16.4 Å². The quantitative estimate of drug-likeness (QED) is 0.592. The van der Waals surface area contributed by atoms with Crippen molar-refractivity contribution >= 4 is 35.8 Å². The topological polar surface area (TPSA) is 84.2 Å². The van der Waals surface area contributed by atoms with Gasteiger partial charge >= 0.3 is 0 Å². The van der Waals surface area contributed by atoms with Crippen LogP contribution in [0, 0.1) is 23.7 Å². The molecule has 2 rings (SSSR count). The number of benzene rings is 1. The molecule has 0 unspecified atom stereocenters. The van der Waals surface area contributed by atoms with Gasteiger partial charge in [-0.1, -0.05) is 57.0 Å². The van der Waals surface area contributed by atoms with Crippen molar-refractivity contribution in [2.75, 3.05) is 6.54 Å². The van der Waals surface area contributed by atoms with E-state index in [0.29, 0.717) is 22.8 Å². The Kier molecular flexibility index (Phi) is 10.4. The van der Waals surface area contributed by atoms with Gasteiger partial charge in [-0.05, 0) is 49.1 Å². The van der Waals surface area contributed by atoms with E-state index in [4.69, 9.17) is 17.3 Å². The average molecular weight is 444 g/mol. The highest BCUT2D eigenvalue weighted by Crippen LogP contribution is 2.38. The largest absolute Gasteiger partial charge is 0.353 e. The van der Waals surface area contributed by atoms with Gasteiger partial charge in [0.15, 0.2) is 0 Å². The first kappa shape index (κ1) is 25.7. The Morgan fingerprint density at radius 3 is 2.45 bits per heavy atom. The molecule has 0 spiro atoms. The van der Waals surface area contributed by atoms with E-state index in [9.17, 15) is 9.59 Å². The maximum absolute atomic E-state index is 13.0. The molecule has 1 aliphatic carbocycles. The molecule has 164 valence electrons. The van der Waals surface area contributed by atoms with E-state index in [2.05, 4.69) is 31.4 Å². The van der Waals surface area contributed by atoms with Crippen molar-refractivity contribution in [1.82, 2.24) is 10.6 Å². The minimum absolute atomic E-state index is 0. The van der Waals surface area contributed by atoms with Gasteiger partial charge in [0.1, 0.15) is 0 Å². The van der Waals surface area contributed by atoms with Gasteiger partial charge in [-0.2, -0.15) is 0 Å². The molecule has 5 nitrogen and oxygen atoms in total. The van der Waals surface area contributed by atoms with E-state index < -0.39 is 12.1 Å². The molecule has 0 radical (unpaired) electrons. The van der Waals surface area contributed by atoms with Crippen LogP contribution in [0.3, 0.4) is 0 Å². The van der Waals surface area contributed by atoms with Gasteiger partial charge in [0, 0.05) is 17.5 Å². The Labute approximate surface area is 185 Å². The summed E-state index contributed by atoms with van der Waals surface area (Å²) in [5.74, 6) is 1.24. The maximum Gasteiger partial charge on any atom is 0.237 e. The van der Waals surface area contributed by atoms with Crippen molar-refractivity contribution in [3.63, 3.8) is 0 Å². The van der Waals surface area contributed by atoms with Crippen molar-refractivity contribution in [1.29, 1.82) is 0 Å². The molecule has 1 saturated carbocycles. The Hall–Kier alpha value is -1.30. The third-order valence-electron chi connectivity index (χ3n) is 5.85. The molecule has 29 heavy (non-hydrogen) atoms. The maximum atomic E-state index is 13.0. The lowest BCUT2D eigenvalue weighted by molar-refractivity contribution is -0.130. The van der Waals surface area contributed by atoms with Crippen LogP contribution in [0.1, 0.15) is 58.6 Å². The standard InChI is InChI=1S/C22H34ClN3O2.ClH/c1-13(2)16-10-9-14(3)11-18(16)22(28)25-12-20(26-21(27)15(4)24)17-7-5-6-8-19(17)23;/h5-8,13-16,18,20H,9-12,24H2,1-4H3,(H,25,28)(H,26,27);1H/t14-,15+,16+,18-,20-;/m1./s1. The van der Waals surface area contributed by atoms with Gasteiger partial charge in [-0.15, -0.1) is 12.4 Å². The SMILES string of the molecule is CC(C)[C@@H]1CC[C@@H](C)C[C@H]1C(=O)NC[C@@H](NC(=O)[C@H](C)N)c1ccccc1Cl.Cl. The fraction of sp³-hybridized carbons (Fsp3) is 0.636. The Bertz CT molecular complexity index is 682. The molecule has 0 aliphatic heterocycles. The molecule has 1 aromatic carbocycles. The highest BCUT2D eigenvalue weighted by atomic mass is 35.5. The fourth-order valence-corrected chi connectivity index (χ4v) is 4.40. The number of hydrogen-bond acceptors (Lipinski definition) is 3. The first-order valence-corrected chi connectivity index (χ1v) is 10.7. The molecule has 0 aromatic heterocycles. The lowest BCUT2D eigenvalue weighted by Gasteiger charge is -2.36. The normalized spacial score (nSPS) is 23.6. The van der Waals surface area contributed by atoms with Crippen LogP contribution in [-0.4, -0.2) is 24.4 Å². The van der Waals surface area contributed by atoms with Gasteiger partial charge in [-0.3, -0.25) is 9.59 Å². The molecule has 1 fully saturated rings. The van der Waals surface area contributed by atoms with Crippen LogP contribution >= 0.6 is 24.0 Å². The summed E-state index contributed by atoms with van der Waals surface area (Å²) in [5, 5.41) is 6.54. The van der Waals surface area contributed by atoms with Gasteiger partial charge in [0.25, 0.3) is 0 Å². The second kappa shape index (κ2) is 11.8. The number of amides is 2. The zero-order valence-electron chi connectivity index (χ0n) is 17.8. The number of carbonyl (C=O) groups excluding carboxylic acids is 2. The van der Waals surface area contributed by atoms with Gasteiger partial charge in [0.05, 0.1) is 12.1 Å². The molecule has 1 aliphatic rings. The summed E-state index contributed by atoms with van der Waals surface area (Å²) in [4.78, 5) is 25.2. The number of rotatable bonds is 7. The van der Waals surface area contributed by atoms with E-state index in [1.807, 2.05) is 18.2 Å². The lowest BCUT2D eigenvalue weighted by Crippen LogP contribution is -2.46. The Balaban J connectivity index is 0.00000420. The molecule has 0 heterocycles. The number of nitrogens with two attached hydrogens (primary N) is 1. The zero-order valence-corrected chi connectivity index (χ0v) is 19.4. The first-order valence-electron chi connectivity index (χ1n) is 10.3. The summed E-state index contributed by atoms with van der Waals surface area (Å²) < 4.78 is 0. The number of nitrogens with one attached hydrogen (secondary N) is 2. The number of halogens is 2. The Morgan fingerprint density at radius 2 is 1.86 bits per heavy atom. The summed E-state index contributed by atoms with van der Waals surface area (Å²) in [6.07, 6.45) is 3.18. The smallest absolute Gasteiger partial charge is 0.237 e. The van der Waals surface area contributed by atoms with Crippen molar-refractivity contribution in [2.24, 2.45) is 29.4 Å². The molecule has 1 aromatic rings. The highest BCUT2D eigenvalue weighted by molar-refractivity contribution is 6.31. The molecule has 7 heteroatoms. The van der Waals surface area contributed by atoms with Crippen LogP contribution in [0.5, 0.6) is 0 Å². The third-order valence-corrected chi connectivity index (χ3v) is 6.19. The predicted octanol–water partition coefficient (Wildman–Crippen LogP) is 4.09. The molecule has 2 amide bonds. The summed E-state index contributed by atoms with van der Waals surface area (Å²) in [7, 11) is 0. The minimum Gasteiger partial charge on any atom is -0.353 e. The van der Waals surface area contributed by atoms with E-state index in [1.54, 1.807) is 13.0 Å². The van der Waals surface area contributed by atoms with Gasteiger partial charge in [0.2, 0.25) is 11.8 Å². The minimum atomic E-state index is -0.634. The van der Waals surface area contributed by atoms with Crippen LogP contribution in [-0.2, 0) is 9.59 Å². The molecule has 0 saturated heterocycles. The average Bonchev–Trinajstić information content (AvgIpc) is 2.64. The Morgan fingerprint density at radius 1 is 1.21 bits per heavy atom.